The minimum absolute atomic E-state index is 0.0422. The van der Waals surface area contributed by atoms with Crippen molar-refractivity contribution in [3.05, 3.63) is 34.3 Å². The van der Waals surface area contributed by atoms with E-state index in [1.165, 1.54) is 0 Å². The van der Waals surface area contributed by atoms with Crippen LogP contribution < -0.4 is 5.32 Å². The molecular weight excluding hydrogens is 306 g/mol. The van der Waals surface area contributed by atoms with E-state index in [4.69, 9.17) is 4.74 Å². The van der Waals surface area contributed by atoms with E-state index in [0.29, 0.717) is 6.61 Å². The zero-order valence-corrected chi connectivity index (χ0v) is 12.8. The van der Waals surface area contributed by atoms with Crippen molar-refractivity contribution >= 4 is 21.9 Å². The predicted molar refractivity (Wildman–Crippen MR) is 78.8 cm³/mol. The van der Waals surface area contributed by atoms with Crippen molar-refractivity contribution in [1.29, 1.82) is 0 Å². The van der Waals surface area contributed by atoms with E-state index in [1.807, 2.05) is 24.3 Å². The maximum atomic E-state index is 12.3. The Labute approximate surface area is 122 Å². The summed E-state index contributed by atoms with van der Waals surface area (Å²) in [7, 11) is 0. The van der Waals surface area contributed by atoms with E-state index >= 15 is 0 Å². The number of carbonyl (C=O) groups excluding carboxylic acids is 1. The molecule has 4 heteroatoms. The lowest BCUT2D eigenvalue weighted by atomic mass is 9.77. The Morgan fingerprint density at radius 1 is 1.32 bits per heavy atom. The van der Waals surface area contributed by atoms with Gasteiger partial charge in [-0.1, -0.05) is 35.0 Å². The Morgan fingerprint density at radius 3 is 2.53 bits per heavy atom. The fourth-order valence-electron chi connectivity index (χ4n) is 2.49. The zero-order chi connectivity index (χ0) is 13.7. The molecule has 0 unspecified atom stereocenters. The highest BCUT2D eigenvalue weighted by atomic mass is 79.9. The molecule has 3 nitrogen and oxygen atoms in total. The highest BCUT2D eigenvalue weighted by molar-refractivity contribution is 9.10. The molecule has 0 spiro atoms. The zero-order valence-electron chi connectivity index (χ0n) is 11.2. The molecule has 1 aromatic rings. The number of rotatable bonds is 4. The minimum Gasteiger partial charge on any atom is -0.460 e. The molecule has 0 amide bonds. The molecule has 1 aliphatic rings. The number of halogens is 1. The van der Waals surface area contributed by atoms with Crippen molar-refractivity contribution in [2.75, 3.05) is 13.1 Å². The molecule has 2 rings (SSSR count). The molecule has 0 saturated carbocycles. The molecule has 1 aliphatic heterocycles. The maximum Gasteiger partial charge on any atom is 0.312 e. The van der Waals surface area contributed by atoms with Gasteiger partial charge in [0.15, 0.2) is 0 Å². The van der Waals surface area contributed by atoms with Gasteiger partial charge in [-0.25, -0.2) is 0 Å². The Hall–Kier alpha value is -0.870. The largest absolute Gasteiger partial charge is 0.460 e. The van der Waals surface area contributed by atoms with E-state index < -0.39 is 0 Å². The molecule has 1 fully saturated rings. The fraction of sp³-hybridized carbons (Fsp3) is 0.533. The van der Waals surface area contributed by atoms with E-state index in [9.17, 15) is 4.79 Å². The molecule has 1 heterocycles. The van der Waals surface area contributed by atoms with Gasteiger partial charge in [-0.05, 0) is 50.0 Å². The first-order valence-corrected chi connectivity index (χ1v) is 7.58. The highest BCUT2D eigenvalue weighted by Gasteiger charge is 2.39. The van der Waals surface area contributed by atoms with Crippen LogP contribution in [0.15, 0.2) is 28.7 Å². The van der Waals surface area contributed by atoms with Crippen LogP contribution in [0.3, 0.4) is 0 Å². The fourth-order valence-corrected chi connectivity index (χ4v) is 2.75. The Bertz CT molecular complexity index is 424. The quantitative estimate of drug-likeness (QED) is 0.863. The van der Waals surface area contributed by atoms with Crippen molar-refractivity contribution in [3.8, 4) is 0 Å². The molecule has 0 aromatic heterocycles. The number of carbonyl (C=O) groups is 1. The van der Waals surface area contributed by atoms with Gasteiger partial charge in [-0.2, -0.15) is 0 Å². The molecule has 1 N–H and O–H groups in total. The van der Waals surface area contributed by atoms with Crippen LogP contribution in [-0.4, -0.2) is 19.1 Å². The number of piperidine rings is 1. The molecule has 1 saturated heterocycles. The number of benzene rings is 1. The van der Waals surface area contributed by atoms with Crippen LogP contribution in [-0.2, 0) is 16.1 Å². The third-order valence-electron chi connectivity index (χ3n) is 3.95. The van der Waals surface area contributed by atoms with E-state index in [1.54, 1.807) is 0 Å². The van der Waals surface area contributed by atoms with Crippen molar-refractivity contribution in [1.82, 2.24) is 5.32 Å². The van der Waals surface area contributed by atoms with Gasteiger partial charge in [0.05, 0.1) is 5.41 Å². The van der Waals surface area contributed by atoms with Gasteiger partial charge in [0.2, 0.25) is 0 Å². The van der Waals surface area contributed by atoms with Gasteiger partial charge in [-0.3, -0.25) is 4.79 Å². The Kier molecular flexibility index (Phi) is 4.99. The van der Waals surface area contributed by atoms with Gasteiger partial charge in [0, 0.05) is 4.47 Å². The monoisotopic (exact) mass is 325 g/mol. The summed E-state index contributed by atoms with van der Waals surface area (Å²) in [4.78, 5) is 12.3. The summed E-state index contributed by atoms with van der Waals surface area (Å²) in [5.74, 6) is -0.0422. The van der Waals surface area contributed by atoms with E-state index in [-0.39, 0.29) is 11.4 Å². The van der Waals surface area contributed by atoms with Crippen LogP contribution in [0.2, 0.25) is 0 Å². The van der Waals surface area contributed by atoms with Crippen LogP contribution >= 0.6 is 15.9 Å². The van der Waals surface area contributed by atoms with Gasteiger partial charge in [0.25, 0.3) is 0 Å². The van der Waals surface area contributed by atoms with Gasteiger partial charge in [0.1, 0.15) is 6.61 Å². The van der Waals surface area contributed by atoms with Crippen molar-refractivity contribution in [2.45, 2.75) is 32.8 Å². The van der Waals surface area contributed by atoms with Crippen LogP contribution in [0, 0.1) is 5.41 Å². The van der Waals surface area contributed by atoms with Gasteiger partial charge in [-0.15, -0.1) is 0 Å². The second-order valence-electron chi connectivity index (χ2n) is 5.09. The number of esters is 1. The first-order valence-electron chi connectivity index (χ1n) is 6.79. The van der Waals surface area contributed by atoms with Crippen molar-refractivity contribution in [3.63, 3.8) is 0 Å². The number of hydrogen-bond acceptors (Lipinski definition) is 3. The molecule has 0 atom stereocenters. The first-order chi connectivity index (χ1) is 9.16. The Balaban J connectivity index is 1.94. The SMILES string of the molecule is CCC1(C(=O)OCc2ccc(Br)cc2)CCNCC1. The number of ether oxygens (including phenoxy) is 1. The topological polar surface area (TPSA) is 38.3 Å². The molecule has 0 aliphatic carbocycles. The Morgan fingerprint density at radius 2 is 1.95 bits per heavy atom. The molecule has 1 aromatic carbocycles. The lowest BCUT2D eigenvalue weighted by Crippen LogP contribution is -2.42. The molecular formula is C15H20BrNO2. The molecule has 0 radical (unpaired) electrons. The molecule has 19 heavy (non-hydrogen) atoms. The van der Waals surface area contributed by atoms with Crippen LogP contribution in [0.4, 0.5) is 0 Å². The molecule has 104 valence electrons. The summed E-state index contributed by atoms with van der Waals surface area (Å²) >= 11 is 3.39. The van der Waals surface area contributed by atoms with Crippen LogP contribution in [0.25, 0.3) is 0 Å². The summed E-state index contributed by atoms with van der Waals surface area (Å²) in [6.45, 7) is 4.25. The molecule has 0 bridgehead atoms. The summed E-state index contributed by atoms with van der Waals surface area (Å²) in [6.07, 6.45) is 2.61. The number of hydrogen-bond donors (Lipinski definition) is 1. The average molecular weight is 326 g/mol. The normalized spacial score (nSPS) is 18.0. The van der Waals surface area contributed by atoms with Crippen molar-refractivity contribution in [2.24, 2.45) is 5.41 Å². The maximum absolute atomic E-state index is 12.3. The minimum atomic E-state index is -0.277. The second-order valence-corrected chi connectivity index (χ2v) is 6.00. The number of nitrogens with one attached hydrogen (secondary N) is 1. The van der Waals surface area contributed by atoms with Gasteiger partial charge < -0.3 is 10.1 Å². The summed E-state index contributed by atoms with van der Waals surface area (Å²) in [5, 5.41) is 3.30. The van der Waals surface area contributed by atoms with Gasteiger partial charge >= 0.3 is 5.97 Å². The highest BCUT2D eigenvalue weighted by Crippen LogP contribution is 2.34. The lowest BCUT2D eigenvalue weighted by molar-refractivity contribution is -0.159. The third-order valence-corrected chi connectivity index (χ3v) is 4.48. The van der Waals surface area contributed by atoms with Crippen molar-refractivity contribution < 1.29 is 9.53 Å². The third kappa shape index (κ3) is 3.57. The van der Waals surface area contributed by atoms with Crippen LogP contribution in [0.5, 0.6) is 0 Å². The van der Waals surface area contributed by atoms with E-state index in [2.05, 4.69) is 28.2 Å². The summed E-state index contributed by atoms with van der Waals surface area (Å²) < 4.78 is 6.55. The predicted octanol–water partition coefficient (Wildman–Crippen LogP) is 3.27. The van der Waals surface area contributed by atoms with E-state index in [0.717, 1.165) is 42.4 Å². The first kappa shape index (κ1) is 14.5. The standard InChI is InChI=1S/C15H20BrNO2/c1-2-15(7-9-17-10-8-15)14(18)19-11-12-3-5-13(16)6-4-12/h3-6,17H,2,7-11H2,1H3. The summed E-state index contributed by atoms with van der Waals surface area (Å²) in [5.41, 5.74) is 0.748. The summed E-state index contributed by atoms with van der Waals surface area (Å²) in [6, 6.07) is 7.86. The smallest absolute Gasteiger partial charge is 0.312 e. The average Bonchev–Trinajstić information content (AvgIpc) is 2.47. The lowest BCUT2D eigenvalue weighted by Gasteiger charge is -2.34. The van der Waals surface area contributed by atoms with Crippen LogP contribution in [0.1, 0.15) is 31.7 Å². The second kappa shape index (κ2) is 6.53.